The van der Waals surface area contributed by atoms with Gasteiger partial charge in [-0.3, -0.25) is 9.78 Å². The summed E-state index contributed by atoms with van der Waals surface area (Å²) in [6.45, 7) is 4.08. The second kappa shape index (κ2) is 9.05. The maximum Gasteiger partial charge on any atom is 0.277 e. The highest BCUT2D eigenvalue weighted by Crippen LogP contribution is 2.42. The Morgan fingerprint density at radius 3 is 2.64 bits per heavy atom. The first kappa shape index (κ1) is 23.3. The molecule has 2 atom stereocenters. The molecule has 6 nitrogen and oxygen atoms in total. The largest absolute Gasteiger partial charge is 0.373 e. The van der Waals surface area contributed by atoms with E-state index >= 15 is 4.39 Å². The standard InChI is InChI=1S/C28H26ClFN4O2/c1-15-16(2)32-27-22(21-6-5-20(29)13-23(21)30)14-25(33-34(27)28(15)35)18-8-10-36-26(12-18)19-7-9-31-24(11-19)17-3-4-17/h5-7,9,11,13-14,17-18,26H,3-4,8,10,12H2,1-2H3/t18-,26+/m1/s1. The summed E-state index contributed by atoms with van der Waals surface area (Å²) in [5.74, 6) is 0.131. The van der Waals surface area contributed by atoms with Crippen molar-refractivity contribution >= 4 is 17.2 Å². The van der Waals surface area contributed by atoms with Crippen LogP contribution in [0.1, 0.15) is 71.8 Å². The van der Waals surface area contributed by atoms with Crippen LogP contribution in [-0.2, 0) is 4.74 Å². The molecule has 0 spiro atoms. The van der Waals surface area contributed by atoms with E-state index in [0.29, 0.717) is 52.0 Å². The van der Waals surface area contributed by atoms with Gasteiger partial charge in [0.05, 0.1) is 11.8 Å². The molecule has 1 aliphatic heterocycles. The molecule has 2 aliphatic rings. The van der Waals surface area contributed by atoms with E-state index in [1.54, 1.807) is 26.0 Å². The van der Waals surface area contributed by atoms with Gasteiger partial charge < -0.3 is 4.74 Å². The van der Waals surface area contributed by atoms with Gasteiger partial charge in [0.25, 0.3) is 5.56 Å². The zero-order chi connectivity index (χ0) is 25.0. The number of pyridine rings is 1. The minimum atomic E-state index is -0.469. The monoisotopic (exact) mass is 504 g/mol. The summed E-state index contributed by atoms with van der Waals surface area (Å²) in [7, 11) is 0. The molecule has 0 bridgehead atoms. The highest BCUT2D eigenvalue weighted by Gasteiger charge is 2.30. The van der Waals surface area contributed by atoms with E-state index in [-0.39, 0.29) is 17.6 Å². The summed E-state index contributed by atoms with van der Waals surface area (Å²) in [4.78, 5) is 22.4. The van der Waals surface area contributed by atoms with Crippen molar-refractivity contribution in [3.05, 3.63) is 92.0 Å². The predicted molar refractivity (Wildman–Crippen MR) is 136 cm³/mol. The molecular formula is C28H26ClFN4O2. The van der Waals surface area contributed by atoms with E-state index in [4.69, 9.17) is 21.4 Å². The molecule has 36 heavy (non-hydrogen) atoms. The molecule has 4 aromatic rings. The lowest BCUT2D eigenvalue weighted by atomic mass is 9.88. The smallest absolute Gasteiger partial charge is 0.277 e. The van der Waals surface area contributed by atoms with Crippen LogP contribution in [0.15, 0.2) is 47.4 Å². The number of nitrogens with zero attached hydrogens (tertiary/aromatic N) is 4. The number of ether oxygens (including phenoxy) is 1. The first-order valence-electron chi connectivity index (χ1n) is 12.3. The summed E-state index contributed by atoms with van der Waals surface area (Å²) < 4.78 is 22.5. The fraction of sp³-hybridized carbons (Fsp3) is 0.357. The van der Waals surface area contributed by atoms with Crippen molar-refractivity contribution in [3.8, 4) is 11.1 Å². The third-order valence-electron chi connectivity index (χ3n) is 7.37. The number of fused-ring (bicyclic) bond motifs is 1. The van der Waals surface area contributed by atoms with Crippen molar-refractivity contribution in [1.82, 2.24) is 19.6 Å². The number of benzene rings is 1. The molecule has 1 saturated heterocycles. The van der Waals surface area contributed by atoms with Crippen LogP contribution in [0.4, 0.5) is 4.39 Å². The van der Waals surface area contributed by atoms with E-state index < -0.39 is 5.82 Å². The molecular weight excluding hydrogens is 479 g/mol. The molecule has 2 fully saturated rings. The van der Waals surface area contributed by atoms with Crippen LogP contribution in [0.25, 0.3) is 16.8 Å². The lowest BCUT2D eigenvalue weighted by Gasteiger charge is -2.30. The molecule has 0 radical (unpaired) electrons. The fourth-order valence-corrected chi connectivity index (χ4v) is 5.15. The Balaban J connectivity index is 1.45. The number of halogens is 2. The van der Waals surface area contributed by atoms with Gasteiger partial charge in [-0.2, -0.15) is 9.61 Å². The Morgan fingerprint density at radius 2 is 1.86 bits per heavy atom. The summed E-state index contributed by atoms with van der Waals surface area (Å²) in [6, 6.07) is 10.6. The Kier molecular flexibility index (Phi) is 5.85. The molecule has 184 valence electrons. The van der Waals surface area contributed by atoms with Crippen molar-refractivity contribution < 1.29 is 9.13 Å². The van der Waals surface area contributed by atoms with Crippen LogP contribution in [0.5, 0.6) is 0 Å². The lowest BCUT2D eigenvalue weighted by Crippen LogP contribution is -2.25. The van der Waals surface area contributed by atoms with Crippen LogP contribution in [-0.4, -0.2) is 26.2 Å². The molecule has 0 unspecified atom stereocenters. The maximum atomic E-state index is 15.1. The van der Waals surface area contributed by atoms with Gasteiger partial charge in [0.15, 0.2) is 5.65 Å². The summed E-state index contributed by atoms with van der Waals surface area (Å²) in [5, 5.41) is 5.05. The van der Waals surface area contributed by atoms with E-state index in [2.05, 4.69) is 16.0 Å². The molecule has 6 rings (SSSR count). The zero-order valence-corrected chi connectivity index (χ0v) is 20.9. The third kappa shape index (κ3) is 4.20. The minimum absolute atomic E-state index is 0.0355. The number of hydrogen-bond donors (Lipinski definition) is 0. The van der Waals surface area contributed by atoms with Gasteiger partial charge in [0.2, 0.25) is 0 Å². The van der Waals surface area contributed by atoms with Crippen molar-refractivity contribution in [2.24, 2.45) is 0 Å². The summed E-state index contributed by atoms with van der Waals surface area (Å²) in [6.07, 6.45) is 5.62. The van der Waals surface area contributed by atoms with Gasteiger partial charge in [-0.1, -0.05) is 11.6 Å². The lowest BCUT2D eigenvalue weighted by molar-refractivity contribution is 0.00439. The second-order valence-corrected chi connectivity index (χ2v) is 10.3. The van der Waals surface area contributed by atoms with Crippen LogP contribution < -0.4 is 5.56 Å². The van der Waals surface area contributed by atoms with E-state index in [9.17, 15) is 4.79 Å². The highest BCUT2D eigenvalue weighted by molar-refractivity contribution is 6.30. The van der Waals surface area contributed by atoms with Crippen molar-refractivity contribution in [2.75, 3.05) is 6.61 Å². The highest BCUT2D eigenvalue weighted by atomic mass is 35.5. The van der Waals surface area contributed by atoms with Crippen LogP contribution >= 0.6 is 11.6 Å². The molecule has 1 aromatic carbocycles. The van der Waals surface area contributed by atoms with Crippen molar-refractivity contribution in [2.45, 2.75) is 57.5 Å². The molecule has 0 amide bonds. The molecule has 3 aromatic heterocycles. The van der Waals surface area contributed by atoms with E-state index in [0.717, 1.165) is 23.4 Å². The Bertz CT molecular complexity index is 1550. The first-order chi connectivity index (χ1) is 17.4. The Hall–Kier alpha value is -3.16. The van der Waals surface area contributed by atoms with E-state index in [1.165, 1.54) is 23.4 Å². The maximum absolute atomic E-state index is 15.1. The quantitative estimate of drug-likeness (QED) is 0.337. The van der Waals surface area contributed by atoms with Crippen LogP contribution in [0.2, 0.25) is 5.02 Å². The predicted octanol–water partition coefficient (Wildman–Crippen LogP) is 6.07. The number of aromatic nitrogens is 4. The Morgan fingerprint density at radius 1 is 1.03 bits per heavy atom. The van der Waals surface area contributed by atoms with Gasteiger partial charge in [0.1, 0.15) is 5.82 Å². The van der Waals surface area contributed by atoms with Crippen molar-refractivity contribution in [3.63, 3.8) is 0 Å². The normalized spacial score (nSPS) is 20.1. The SMILES string of the molecule is Cc1nc2c(-c3ccc(Cl)cc3F)cc([C@@H]3CCO[C@H](c4ccnc(C5CC5)c4)C3)nn2c(=O)c1C. The summed E-state index contributed by atoms with van der Waals surface area (Å²) in [5.41, 5.74) is 5.04. The zero-order valence-electron chi connectivity index (χ0n) is 20.2. The van der Waals surface area contributed by atoms with Crippen LogP contribution in [0, 0.1) is 19.7 Å². The molecule has 0 N–H and O–H groups in total. The van der Waals surface area contributed by atoms with Crippen LogP contribution in [0.3, 0.4) is 0 Å². The van der Waals surface area contributed by atoms with Gasteiger partial charge in [-0.05, 0) is 81.5 Å². The molecule has 1 saturated carbocycles. The summed E-state index contributed by atoms with van der Waals surface area (Å²) >= 11 is 6.01. The van der Waals surface area contributed by atoms with E-state index in [1.807, 2.05) is 18.3 Å². The Labute approximate surface area is 213 Å². The van der Waals surface area contributed by atoms with Gasteiger partial charge in [-0.25, -0.2) is 9.37 Å². The molecule has 1 aliphatic carbocycles. The van der Waals surface area contributed by atoms with Gasteiger partial charge in [0, 0.05) is 57.7 Å². The topological polar surface area (TPSA) is 69.4 Å². The second-order valence-electron chi connectivity index (χ2n) is 9.84. The molecule has 8 heteroatoms. The average Bonchev–Trinajstić information content (AvgIpc) is 3.73. The first-order valence-corrected chi connectivity index (χ1v) is 12.7. The number of aryl methyl sites for hydroxylation is 1. The third-order valence-corrected chi connectivity index (χ3v) is 7.61. The minimum Gasteiger partial charge on any atom is -0.373 e. The fourth-order valence-electron chi connectivity index (χ4n) is 5.00. The average molecular weight is 505 g/mol. The number of hydrogen-bond acceptors (Lipinski definition) is 5. The van der Waals surface area contributed by atoms with Crippen molar-refractivity contribution in [1.29, 1.82) is 0 Å². The van der Waals surface area contributed by atoms with Gasteiger partial charge >= 0.3 is 0 Å². The van der Waals surface area contributed by atoms with Gasteiger partial charge in [-0.15, -0.1) is 0 Å². The number of rotatable bonds is 4. The molecule has 4 heterocycles.